The van der Waals surface area contributed by atoms with Crippen LogP contribution >= 0.6 is 0 Å². The lowest BCUT2D eigenvalue weighted by atomic mass is 10.1. The molecule has 0 aliphatic carbocycles. The van der Waals surface area contributed by atoms with Crippen LogP contribution in [0, 0.1) is 0 Å². The SMILES string of the molecule is C=C(COc1cccc2ccccc12)C(=O)NC(C)COC. The number of rotatable bonds is 7. The van der Waals surface area contributed by atoms with E-state index in [4.69, 9.17) is 9.47 Å². The van der Waals surface area contributed by atoms with Crippen molar-refractivity contribution in [1.82, 2.24) is 5.32 Å². The van der Waals surface area contributed by atoms with E-state index in [0.717, 1.165) is 16.5 Å². The quantitative estimate of drug-likeness (QED) is 0.800. The number of carbonyl (C=O) groups excluding carboxylic acids is 1. The van der Waals surface area contributed by atoms with Gasteiger partial charge in [-0.25, -0.2) is 0 Å². The summed E-state index contributed by atoms with van der Waals surface area (Å²) in [6, 6.07) is 13.7. The molecule has 2 aromatic rings. The Kier molecular flexibility index (Phi) is 5.55. The number of hydrogen-bond donors (Lipinski definition) is 1. The van der Waals surface area contributed by atoms with Gasteiger partial charge in [0.1, 0.15) is 12.4 Å². The molecule has 0 bridgehead atoms. The summed E-state index contributed by atoms with van der Waals surface area (Å²) in [6.45, 7) is 6.27. The van der Waals surface area contributed by atoms with Crippen molar-refractivity contribution in [3.05, 3.63) is 54.6 Å². The number of methoxy groups -OCH3 is 1. The van der Waals surface area contributed by atoms with Gasteiger partial charge in [-0.1, -0.05) is 43.0 Å². The molecule has 0 saturated carbocycles. The van der Waals surface area contributed by atoms with Crippen molar-refractivity contribution < 1.29 is 14.3 Å². The van der Waals surface area contributed by atoms with Crippen LogP contribution in [-0.4, -0.2) is 32.3 Å². The lowest BCUT2D eigenvalue weighted by molar-refractivity contribution is -0.118. The molecule has 0 saturated heterocycles. The highest BCUT2D eigenvalue weighted by atomic mass is 16.5. The van der Waals surface area contributed by atoms with E-state index in [-0.39, 0.29) is 18.6 Å². The molecule has 116 valence electrons. The summed E-state index contributed by atoms with van der Waals surface area (Å²) in [4.78, 5) is 12.0. The second-order valence-electron chi connectivity index (χ2n) is 5.20. The summed E-state index contributed by atoms with van der Waals surface area (Å²) >= 11 is 0. The first-order valence-electron chi connectivity index (χ1n) is 7.20. The standard InChI is InChI=1S/C18H21NO3/c1-13(18(20)19-14(2)12-21-3)11-22-17-10-6-8-15-7-4-5-9-16(15)17/h4-10,14H,1,11-12H2,2-3H3,(H,19,20). The fraction of sp³-hybridized carbons (Fsp3) is 0.278. The number of fused-ring (bicyclic) bond motifs is 1. The van der Waals surface area contributed by atoms with E-state index in [1.54, 1.807) is 7.11 Å². The Balaban J connectivity index is 1.97. The Morgan fingerprint density at radius 3 is 2.73 bits per heavy atom. The molecule has 4 heteroatoms. The monoisotopic (exact) mass is 299 g/mol. The number of carbonyl (C=O) groups is 1. The van der Waals surface area contributed by atoms with Crippen LogP contribution in [0.2, 0.25) is 0 Å². The lowest BCUT2D eigenvalue weighted by Gasteiger charge is -2.15. The minimum Gasteiger partial charge on any atom is -0.488 e. The first kappa shape index (κ1) is 16.0. The molecule has 4 nitrogen and oxygen atoms in total. The molecule has 0 radical (unpaired) electrons. The van der Waals surface area contributed by atoms with Crippen LogP contribution in [0.5, 0.6) is 5.75 Å². The molecule has 0 fully saturated rings. The molecule has 0 spiro atoms. The number of benzene rings is 2. The average Bonchev–Trinajstić information content (AvgIpc) is 2.52. The van der Waals surface area contributed by atoms with Crippen molar-refractivity contribution >= 4 is 16.7 Å². The van der Waals surface area contributed by atoms with E-state index < -0.39 is 0 Å². The lowest BCUT2D eigenvalue weighted by Crippen LogP contribution is -2.37. The Morgan fingerprint density at radius 1 is 1.23 bits per heavy atom. The smallest absolute Gasteiger partial charge is 0.250 e. The molecule has 2 aromatic carbocycles. The summed E-state index contributed by atoms with van der Waals surface area (Å²) in [5.41, 5.74) is 0.385. The zero-order valence-electron chi connectivity index (χ0n) is 13.0. The molecule has 0 aliphatic heterocycles. The Hall–Kier alpha value is -2.33. The molecule has 1 amide bonds. The molecular formula is C18H21NO3. The zero-order chi connectivity index (χ0) is 15.9. The van der Waals surface area contributed by atoms with Gasteiger partial charge in [0.15, 0.2) is 0 Å². The first-order valence-corrected chi connectivity index (χ1v) is 7.20. The summed E-state index contributed by atoms with van der Waals surface area (Å²) in [7, 11) is 1.60. The maximum atomic E-state index is 12.0. The highest BCUT2D eigenvalue weighted by Crippen LogP contribution is 2.25. The first-order chi connectivity index (χ1) is 10.6. The fourth-order valence-corrected chi connectivity index (χ4v) is 2.17. The van der Waals surface area contributed by atoms with Crippen molar-refractivity contribution in [1.29, 1.82) is 0 Å². The van der Waals surface area contributed by atoms with Crippen LogP contribution in [0.4, 0.5) is 0 Å². The van der Waals surface area contributed by atoms with Gasteiger partial charge in [0.05, 0.1) is 6.61 Å². The minimum atomic E-state index is -0.218. The molecule has 0 aromatic heterocycles. The number of nitrogens with one attached hydrogen (secondary N) is 1. The fourth-order valence-electron chi connectivity index (χ4n) is 2.17. The van der Waals surface area contributed by atoms with Crippen LogP contribution in [-0.2, 0) is 9.53 Å². The molecule has 1 atom stereocenters. The van der Waals surface area contributed by atoms with E-state index in [0.29, 0.717) is 12.2 Å². The Bertz CT molecular complexity index is 661. The summed E-state index contributed by atoms with van der Waals surface area (Å²) in [5, 5.41) is 4.93. The van der Waals surface area contributed by atoms with Gasteiger partial charge in [-0.05, 0) is 18.4 Å². The van der Waals surface area contributed by atoms with Crippen molar-refractivity contribution in [2.24, 2.45) is 0 Å². The topological polar surface area (TPSA) is 47.6 Å². The molecular weight excluding hydrogens is 278 g/mol. The highest BCUT2D eigenvalue weighted by Gasteiger charge is 2.11. The van der Waals surface area contributed by atoms with E-state index in [1.807, 2.05) is 49.4 Å². The molecule has 0 heterocycles. The van der Waals surface area contributed by atoms with Gasteiger partial charge < -0.3 is 14.8 Å². The summed E-state index contributed by atoms with van der Waals surface area (Å²) < 4.78 is 10.7. The molecule has 1 unspecified atom stereocenters. The third kappa shape index (κ3) is 4.09. The average molecular weight is 299 g/mol. The van der Waals surface area contributed by atoms with Gasteiger partial charge in [-0.2, -0.15) is 0 Å². The summed E-state index contributed by atoms with van der Waals surface area (Å²) in [6.07, 6.45) is 0. The van der Waals surface area contributed by atoms with Gasteiger partial charge in [0.2, 0.25) is 5.91 Å². The Labute approximate surface area is 130 Å². The van der Waals surface area contributed by atoms with Gasteiger partial charge in [-0.3, -0.25) is 4.79 Å². The van der Waals surface area contributed by atoms with Crippen molar-refractivity contribution in [3.8, 4) is 5.75 Å². The van der Waals surface area contributed by atoms with Crippen LogP contribution in [0.3, 0.4) is 0 Å². The predicted molar refractivity (Wildman–Crippen MR) is 88.1 cm³/mol. The van der Waals surface area contributed by atoms with Gasteiger partial charge >= 0.3 is 0 Å². The highest BCUT2D eigenvalue weighted by molar-refractivity contribution is 5.93. The maximum absolute atomic E-state index is 12.0. The second-order valence-corrected chi connectivity index (χ2v) is 5.20. The summed E-state index contributed by atoms with van der Waals surface area (Å²) in [5.74, 6) is 0.529. The predicted octanol–water partition coefficient (Wildman–Crippen LogP) is 2.93. The maximum Gasteiger partial charge on any atom is 0.250 e. The number of hydrogen-bond acceptors (Lipinski definition) is 3. The van der Waals surface area contributed by atoms with Crippen LogP contribution < -0.4 is 10.1 Å². The van der Waals surface area contributed by atoms with Crippen LogP contribution in [0.25, 0.3) is 10.8 Å². The van der Waals surface area contributed by atoms with E-state index in [1.165, 1.54) is 0 Å². The number of ether oxygens (including phenoxy) is 2. The molecule has 2 rings (SSSR count). The third-order valence-corrected chi connectivity index (χ3v) is 3.27. The van der Waals surface area contributed by atoms with Crippen molar-refractivity contribution in [2.45, 2.75) is 13.0 Å². The van der Waals surface area contributed by atoms with E-state index in [9.17, 15) is 4.79 Å². The molecule has 1 N–H and O–H groups in total. The molecule has 22 heavy (non-hydrogen) atoms. The van der Waals surface area contributed by atoms with E-state index in [2.05, 4.69) is 11.9 Å². The van der Waals surface area contributed by atoms with Gasteiger partial charge in [0, 0.05) is 24.1 Å². The van der Waals surface area contributed by atoms with Crippen molar-refractivity contribution in [3.63, 3.8) is 0 Å². The van der Waals surface area contributed by atoms with Crippen LogP contribution in [0.15, 0.2) is 54.6 Å². The number of amides is 1. The zero-order valence-corrected chi connectivity index (χ0v) is 13.0. The largest absolute Gasteiger partial charge is 0.488 e. The van der Waals surface area contributed by atoms with E-state index >= 15 is 0 Å². The second kappa shape index (κ2) is 7.61. The Morgan fingerprint density at radius 2 is 1.95 bits per heavy atom. The molecule has 0 aliphatic rings. The minimum absolute atomic E-state index is 0.0631. The third-order valence-electron chi connectivity index (χ3n) is 3.27. The van der Waals surface area contributed by atoms with Crippen molar-refractivity contribution in [2.75, 3.05) is 20.3 Å². The van der Waals surface area contributed by atoms with Gasteiger partial charge in [-0.15, -0.1) is 0 Å². The van der Waals surface area contributed by atoms with Gasteiger partial charge in [0.25, 0.3) is 0 Å². The normalized spacial score (nSPS) is 11.9. The van der Waals surface area contributed by atoms with Crippen LogP contribution in [0.1, 0.15) is 6.92 Å².